The van der Waals surface area contributed by atoms with E-state index in [1.165, 1.54) is 11.9 Å². The Balaban J connectivity index is 2.83. The molecule has 15 heavy (non-hydrogen) atoms. The third kappa shape index (κ3) is 1.65. The monoisotopic (exact) mass is 201 g/mol. The fourth-order valence-corrected chi connectivity index (χ4v) is 1.71. The highest BCUT2D eigenvalue weighted by Crippen LogP contribution is 2.29. The lowest BCUT2D eigenvalue weighted by Gasteiger charge is -2.20. The first kappa shape index (κ1) is 9.90. The van der Waals surface area contributed by atoms with Crippen LogP contribution >= 0.6 is 0 Å². The third-order valence-corrected chi connectivity index (χ3v) is 2.50. The summed E-state index contributed by atoms with van der Waals surface area (Å²) in [6.45, 7) is 6.50. The fraction of sp³-hybridized carbons (Fsp3) is 0.333. The normalized spacial score (nSPS) is 11.9. The van der Waals surface area contributed by atoms with Crippen molar-refractivity contribution in [2.75, 3.05) is 5.73 Å². The van der Waals surface area contributed by atoms with Crippen molar-refractivity contribution in [2.45, 2.75) is 26.2 Å². The number of para-hydroxylation sites is 1. The Kier molecular flexibility index (Phi) is 2.11. The molecule has 0 saturated heterocycles. The van der Waals surface area contributed by atoms with Gasteiger partial charge in [0.25, 0.3) is 0 Å². The van der Waals surface area contributed by atoms with E-state index in [0.29, 0.717) is 5.82 Å². The van der Waals surface area contributed by atoms with Gasteiger partial charge in [0.2, 0.25) is 0 Å². The Morgan fingerprint density at radius 3 is 2.53 bits per heavy atom. The first-order valence-electron chi connectivity index (χ1n) is 5.00. The lowest BCUT2D eigenvalue weighted by Crippen LogP contribution is -2.12. The molecule has 0 aliphatic carbocycles. The number of anilines is 1. The van der Waals surface area contributed by atoms with E-state index in [9.17, 15) is 0 Å². The first-order chi connectivity index (χ1) is 7.00. The van der Waals surface area contributed by atoms with Crippen molar-refractivity contribution in [3.05, 3.63) is 30.1 Å². The van der Waals surface area contributed by atoms with Crippen molar-refractivity contribution in [3.8, 4) is 0 Å². The van der Waals surface area contributed by atoms with Crippen molar-refractivity contribution in [3.63, 3.8) is 0 Å². The number of nitrogen functional groups attached to an aromatic ring is 1. The number of hydrogen-bond acceptors (Lipinski definition) is 3. The van der Waals surface area contributed by atoms with Crippen LogP contribution in [0.3, 0.4) is 0 Å². The van der Waals surface area contributed by atoms with Crippen LogP contribution in [0.1, 0.15) is 26.3 Å². The number of benzene rings is 1. The van der Waals surface area contributed by atoms with Gasteiger partial charge in [-0.2, -0.15) is 0 Å². The number of hydrogen-bond donors (Lipinski definition) is 1. The zero-order valence-electron chi connectivity index (χ0n) is 9.28. The molecule has 1 heterocycles. The Morgan fingerprint density at radius 1 is 1.13 bits per heavy atom. The predicted octanol–water partition coefficient (Wildman–Crippen LogP) is 2.51. The molecular weight excluding hydrogens is 186 g/mol. The molecule has 0 aliphatic rings. The first-order valence-corrected chi connectivity index (χ1v) is 5.00. The summed E-state index contributed by atoms with van der Waals surface area (Å²) in [7, 11) is 0. The van der Waals surface area contributed by atoms with E-state index in [0.717, 1.165) is 10.9 Å². The van der Waals surface area contributed by atoms with Crippen LogP contribution in [0.2, 0.25) is 0 Å². The zero-order valence-corrected chi connectivity index (χ0v) is 9.28. The highest BCUT2D eigenvalue weighted by molar-refractivity contribution is 5.90. The Bertz CT molecular complexity index is 498. The lowest BCUT2D eigenvalue weighted by atomic mass is 9.85. The molecule has 1 aromatic heterocycles. The maximum absolute atomic E-state index is 5.82. The molecule has 0 spiro atoms. The summed E-state index contributed by atoms with van der Waals surface area (Å²) in [5.41, 5.74) is 8.05. The molecule has 0 atom stereocenters. The van der Waals surface area contributed by atoms with E-state index in [1.807, 2.05) is 12.1 Å². The fourth-order valence-electron chi connectivity index (χ4n) is 1.71. The van der Waals surface area contributed by atoms with Gasteiger partial charge in [0.15, 0.2) is 0 Å². The maximum Gasteiger partial charge on any atom is 0.134 e. The van der Waals surface area contributed by atoms with E-state index in [2.05, 4.69) is 36.8 Å². The molecule has 0 aliphatic heterocycles. The summed E-state index contributed by atoms with van der Waals surface area (Å²) in [6, 6.07) is 6.05. The van der Waals surface area contributed by atoms with Crippen LogP contribution in [0, 0.1) is 0 Å². The van der Waals surface area contributed by atoms with Crippen molar-refractivity contribution < 1.29 is 0 Å². The van der Waals surface area contributed by atoms with Gasteiger partial charge < -0.3 is 5.73 Å². The molecule has 0 fully saturated rings. The number of aromatic nitrogens is 2. The van der Waals surface area contributed by atoms with Gasteiger partial charge in [-0.25, -0.2) is 9.97 Å². The van der Waals surface area contributed by atoms with Crippen LogP contribution in [0.4, 0.5) is 5.82 Å². The number of fused-ring (bicyclic) bond motifs is 1. The molecule has 1 aromatic carbocycles. The smallest absolute Gasteiger partial charge is 0.134 e. The van der Waals surface area contributed by atoms with Crippen LogP contribution in [0.25, 0.3) is 10.9 Å². The summed E-state index contributed by atoms with van der Waals surface area (Å²) in [6.07, 6.45) is 1.52. The zero-order chi connectivity index (χ0) is 11.1. The number of nitrogens with two attached hydrogens (primary N) is 1. The average Bonchev–Trinajstić information content (AvgIpc) is 2.16. The van der Waals surface area contributed by atoms with Crippen LogP contribution < -0.4 is 5.73 Å². The van der Waals surface area contributed by atoms with E-state index in [4.69, 9.17) is 5.73 Å². The summed E-state index contributed by atoms with van der Waals surface area (Å²) >= 11 is 0. The minimum Gasteiger partial charge on any atom is -0.383 e. The second-order valence-corrected chi connectivity index (χ2v) is 4.71. The minimum absolute atomic E-state index is 0.0697. The quantitative estimate of drug-likeness (QED) is 0.712. The molecule has 3 nitrogen and oxygen atoms in total. The molecule has 0 unspecified atom stereocenters. The average molecular weight is 201 g/mol. The second kappa shape index (κ2) is 3.19. The molecule has 2 aromatic rings. The molecule has 0 amide bonds. The second-order valence-electron chi connectivity index (χ2n) is 4.71. The summed E-state index contributed by atoms with van der Waals surface area (Å²) < 4.78 is 0. The van der Waals surface area contributed by atoms with Crippen molar-refractivity contribution in [1.82, 2.24) is 9.97 Å². The molecule has 3 heteroatoms. The summed E-state index contributed by atoms with van der Waals surface area (Å²) in [5, 5.41) is 0.935. The van der Waals surface area contributed by atoms with Gasteiger partial charge in [-0.1, -0.05) is 32.9 Å². The van der Waals surface area contributed by atoms with Crippen LogP contribution in [0.15, 0.2) is 24.5 Å². The Hall–Kier alpha value is -1.64. The molecule has 0 saturated carbocycles. The lowest BCUT2D eigenvalue weighted by molar-refractivity contribution is 0.594. The highest BCUT2D eigenvalue weighted by Gasteiger charge is 2.17. The maximum atomic E-state index is 5.82. The number of rotatable bonds is 0. The van der Waals surface area contributed by atoms with E-state index < -0.39 is 0 Å². The SMILES string of the molecule is CC(C)(C)c1cccc2c(N)ncnc12. The summed E-state index contributed by atoms with van der Waals surface area (Å²) in [4.78, 5) is 8.31. The topological polar surface area (TPSA) is 51.8 Å². The molecule has 0 bridgehead atoms. The van der Waals surface area contributed by atoms with Crippen LogP contribution in [0.5, 0.6) is 0 Å². The molecule has 2 N–H and O–H groups in total. The standard InChI is InChI=1S/C12H15N3/c1-12(2,3)9-6-4-5-8-10(9)14-7-15-11(8)13/h4-7H,1-3H3,(H2,13,14,15). The molecule has 78 valence electrons. The molecular formula is C12H15N3. The van der Waals surface area contributed by atoms with Gasteiger partial charge in [0.1, 0.15) is 12.1 Å². The molecule has 0 radical (unpaired) electrons. The van der Waals surface area contributed by atoms with Crippen molar-refractivity contribution in [2.24, 2.45) is 0 Å². The van der Waals surface area contributed by atoms with Crippen LogP contribution in [-0.4, -0.2) is 9.97 Å². The Morgan fingerprint density at radius 2 is 1.87 bits per heavy atom. The van der Waals surface area contributed by atoms with Gasteiger partial charge in [-0.05, 0) is 17.0 Å². The van der Waals surface area contributed by atoms with E-state index in [-0.39, 0.29) is 5.41 Å². The van der Waals surface area contributed by atoms with Gasteiger partial charge in [0, 0.05) is 5.39 Å². The highest BCUT2D eigenvalue weighted by atomic mass is 14.9. The van der Waals surface area contributed by atoms with Gasteiger partial charge in [0.05, 0.1) is 5.52 Å². The van der Waals surface area contributed by atoms with Gasteiger partial charge in [-0.15, -0.1) is 0 Å². The minimum atomic E-state index is 0.0697. The van der Waals surface area contributed by atoms with E-state index >= 15 is 0 Å². The van der Waals surface area contributed by atoms with Crippen molar-refractivity contribution >= 4 is 16.7 Å². The van der Waals surface area contributed by atoms with E-state index in [1.54, 1.807) is 0 Å². The number of nitrogens with zero attached hydrogens (tertiary/aromatic N) is 2. The van der Waals surface area contributed by atoms with Gasteiger partial charge in [-0.3, -0.25) is 0 Å². The largest absolute Gasteiger partial charge is 0.383 e. The third-order valence-electron chi connectivity index (χ3n) is 2.50. The summed E-state index contributed by atoms with van der Waals surface area (Å²) in [5.74, 6) is 0.547. The van der Waals surface area contributed by atoms with Crippen molar-refractivity contribution in [1.29, 1.82) is 0 Å². The Labute approximate surface area is 89.4 Å². The van der Waals surface area contributed by atoms with Crippen LogP contribution in [-0.2, 0) is 5.41 Å². The molecule has 2 rings (SSSR count). The van der Waals surface area contributed by atoms with Gasteiger partial charge >= 0.3 is 0 Å². The predicted molar refractivity (Wildman–Crippen MR) is 62.7 cm³/mol.